The van der Waals surface area contributed by atoms with Gasteiger partial charge in [0.2, 0.25) is 5.78 Å². The Balaban J connectivity index is 1.73. The molecule has 7 heteroatoms. The standard InChI is InChI=1S/C25H32O7/c1-14(26)31-13-21(29)25(30)10-8-19-18-6-5-16-11-17(28)7-9-23(16,3)22(18)20(32-15(2)27)12-24(19,25)4/h7,9,11,18-20,22,30H,5-6,8,10,12-13H2,1-4H3/t18?,19?,20-,22?,23-,24-,25-/m0/s1. The molecule has 3 saturated carbocycles. The molecule has 7 atom stereocenters. The van der Waals surface area contributed by atoms with Gasteiger partial charge in [-0.05, 0) is 56.1 Å². The first-order chi connectivity index (χ1) is 14.9. The van der Waals surface area contributed by atoms with E-state index in [9.17, 15) is 24.3 Å². The topological polar surface area (TPSA) is 107 Å². The van der Waals surface area contributed by atoms with Gasteiger partial charge in [0.15, 0.2) is 12.4 Å². The van der Waals surface area contributed by atoms with Gasteiger partial charge in [-0.3, -0.25) is 19.2 Å². The number of ether oxygens (including phenoxy) is 2. The van der Waals surface area contributed by atoms with E-state index in [-0.39, 0.29) is 30.0 Å². The van der Waals surface area contributed by atoms with Gasteiger partial charge in [-0.2, -0.15) is 0 Å². The summed E-state index contributed by atoms with van der Waals surface area (Å²) < 4.78 is 10.8. The summed E-state index contributed by atoms with van der Waals surface area (Å²) in [6.45, 7) is 6.16. The number of aliphatic hydroxyl groups is 1. The zero-order valence-corrected chi connectivity index (χ0v) is 19.2. The van der Waals surface area contributed by atoms with Crippen LogP contribution in [0.3, 0.4) is 0 Å². The maximum Gasteiger partial charge on any atom is 0.303 e. The normalized spacial score (nSPS) is 42.3. The molecule has 0 aromatic heterocycles. The molecule has 4 aliphatic rings. The Hall–Kier alpha value is -2.28. The summed E-state index contributed by atoms with van der Waals surface area (Å²) in [5.41, 5.74) is -1.81. The first-order valence-electron chi connectivity index (χ1n) is 11.4. The molecule has 0 amide bonds. The van der Waals surface area contributed by atoms with Crippen LogP contribution in [0.4, 0.5) is 0 Å². The number of carbonyl (C=O) groups is 4. The summed E-state index contributed by atoms with van der Waals surface area (Å²) in [5.74, 6) is -1.36. The van der Waals surface area contributed by atoms with Crippen LogP contribution in [-0.4, -0.2) is 46.9 Å². The molecule has 7 nitrogen and oxygen atoms in total. The molecule has 0 radical (unpaired) electrons. The van der Waals surface area contributed by atoms with Crippen LogP contribution in [0, 0.1) is 28.6 Å². The monoisotopic (exact) mass is 444 g/mol. The summed E-state index contributed by atoms with van der Waals surface area (Å²) in [6, 6.07) is 0. The lowest BCUT2D eigenvalue weighted by Crippen LogP contribution is -2.62. The number of ketones is 2. The summed E-state index contributed by atoms with van der Waals surface area (Å²) in [4.78, 5) is 48.4. The third kappa shape index (κ3) is 3.28. The molecular weight excluding hydrogens is 412 g/mol. The third-order valence-electron chi connectivity index (χ3n) is 8.81. The Kier molecular flexibility index (Phi) is 5.47. The Labute approximate surface area is 188 Å². The molecule has 3 unspecified atom stereocenters. The number of Topliss-reactive ketones (excluding diaryl/α,β-unsaturated/α-hetero) is 1. The van der Waals surface area contributed by atoms with Crippen LogP contribution < -0.4 is 0 Å². The van der Waals surface area contributed by atoms with Gasteiger partial charge in [0.1, 0.15) is 11.7 Å². The highest BCUT2D eigenvalue weighted by atomic mass is 16.5. The second kappa shape index (κ2) is 7.65. The Morgan fingerprint density at radius 1 is 1.16 bits per heavy atom. The van der Waals surface area contributed by atoms with Crippen LogP contribution in [0.15, 0.2) is 23.8 Å². The first-order valence-corrected chi connectivity index (χ1v) is 11.4. The van der Waals surface area contributed by atoms with E-state index in [2.05, 4.69) is 6.92 Å². The minimum absolute atomic E-state index is 0.0214. The number of fused-ring (bicyclic) bond motifs is 5. The van der Waals surface area contributed by atoms with Crippen LogP contribution in [0.25, 0.3) is 0 Å². The maximum absolute atomic E-state index is 13.1. The lowest BCUT2D eigenvalue weighted by molar-refractivity contribution is -0.192. The van der Waals surface area contributed by atoms with E-state index in [4.69, 9.17) is 9.47 Å². The van der Waals surface area contributed by atoms with Crippen molar-refractivity contribution in [3.63, 3.8) is 0 Å². The molecule has 0 saturated heterocycles. The van der Waals surface area contributed by atoms with Crippen molar-refractivity contribution in [3.05, 3.63) is 23.8 Å². The second-order valence-corrected chi connectivity index (χ2v) is 10.4. The van der Waals surface area contributed by atoms with Crippen LogP contribution in [0.5, 0.6) is 0 Å². The van der Waals surface area contributed by atoms with Crippen molar-refractivity contribution in [3.8, 4) is 0 Å². The maximum atomic E-state index is 13.1. The second-order valence-electron chi connectivity index (χ2n) is 10.4. The molecule has 4 aliphatic carbocycles. The molecule has 0 bridgehead atoms. The molecule has 174 valence electrons. The highest BCUT2D eigenvalue weighted by molar-refractivity contribution is 6.01. The van der Waals surface area contributed by atoms with Crippen LogP contribution >= 0.6 is 0 Å². The summed E-state index contributed by atoms with van der Waals surface area (Å²) in [6.07, 6.45) is 7.62. The predicted octanol–water partition coefficient (Wildman–Crippen LogP) is 2.70. The Morgan fingerprint density at radius 2 is 1.88 bits per heavy atom. The minimum Gasteiger partial charge on any atom is -0.462 e. The van der Waals surface area contributed by atoms with Crippen molar-refractivity contribution < 1.29 is 33.8 Å². The van der Waals surface area contributed by atoms with Gasteiger partial charge in [-0.1, -0.05) is 25.5 Å². The zero-order chi connectivity index (χ0) is 23.5. The summed E-state index contributed by atoms with van der Waals surface area (Å²) in [5, 5.41) is 11.6. The van der Waals surface area contributed by atoms with Crippen LogP contribution in [-0.2, 0) is 28.7 Å². The fourth-order valence-corrected chi connectivity index (χ4v) is 7.36. The molecule has 0 aromatic rings. The van der Waals surface area contributed by atoms with Gasteiger partial charge in [-0.25, -0.2) is 0 Å². The molecule has 0 aliphatic heterocycles. The number of esters is 2. The molecule has 0 aromatic carbocycles. The first kappa shape index (κ1) is 22.9. The van der Waals surface area contributed by atoms with Crippen molar-refractivity contribution in [2.75, 3.05) is 6.61 Å². The van der Waals surface area contributed by atoms with E-state index in [0.29, 0.717) is 12.8 Å². The number of allylic oxidation sites excluding steroid dienone is 4. The average molecular weight is 445 g/mol. The summed E-state index contributed by atoms with van der Waals surface area (Å²) >= 11 is 0. The third-order valence-corrected chi connectivity index (χ3v) is 8.81. The smallest absolute Gasteiger partial charge is 0.303 e. The van der Waals surface area contributed by atoms with Crippen molar-refractivity contribution in [2.45, 2.75) is 71.5 Å². The molecule has 4 rings (SSSR count). The average Bonchev–Trinajstić information content (AvgIpc) is 2.97. The molecule has 1 N–H and O–H groups in total. The predicted molar refractivity (Wildman–Crippen MR) is 114 cm³/mol. The fraction of sp³-hybridized carbons (Fsp3) is 0.680. The Morgan fingerprint density at radius 3 is 2.53 bits per heavy atom. The molecule has 0 spiro atoms. The van der Waals surface area contributed by atoms with Gasteiger partial charge in [0, 0.05) is 30.6 Å². The van der Waals surface area contributed by atoms with E-state index in [1.54, 1.807) is 12.2 Å². The van der Waals surface area contributed by atoms with Crippen LogP contribution in [0.2, 0.25) is 0 Å². The van der Waals surface area contributed by atoms with E-state index in [1.165, 1.54) is 13.8 Å². The number of rotatable bonds is 4. The molecule has 0 heterocycles. The van der Waals surface area contributed by atoms with Gasteiger partial charge in [-0.15, -0.1) is 0 Å². The van der Waals surface area contributed by atoms with E-state index < -0.39 is 46.9 Å². The Bertz CT molecular complexity index is 933. The minimum atomic E-state index is -1.65. The van der Waals surface area contributed by atoms with Crippen molar-refractivity contribution in [2.24, 2.45) is 28.6 Å². The highest BCUT2D eigenvalue weighted by Gasteiger charge is 2.68. The highest BCUT2D eigenvalue weighted by Crippen LogP contribution is 2.67. The van der Waals surface area contributed by atoms with E-state index in [1.807, 2.05) is 13.0 Å². The van der Waals surface area contributed by atoms with E-state index in [0.717, 1.165) is 18.4 Å². The van der Waals surface area contributed by atoms with E-state index >= 15 is 0 Å². The quantitative estimate of drug-likeness (QED) is 0.664. The van der Waals surface area contributed by atoms with Crippen molar-refractivity contribution >= 4 is 23.5 Å². The van der Waals surface area contributed by atoms with Crippen LogP contribution in [0.1, 0.15) is 59.8 Å². The molecule has 32 heavy (non-hydrogen) atoms. The van der Waals surface area contributed by atoms with Gasteiger partial charge in [0.25, 0.3) is 0 Å². The number of hydrogen-bond acceptors (Lipinski definition) is 7. The number of hydrogen-bond donors (Lipinski definition) is 1. The van der Waals surface area contributed by atoms with Crippen molar-refractivity contribution in [1.82, 2.24) is 0 Å². The van der Waals surface area contributed by atoms with Gasteiger partial charge in [0.05, 0.1) is 0 Å². The van der Waals surface area contributed by atoms with Gasteiger partial charge >= 0.3 is 11.9 Å². The fourth-order valence-electron chi connectivity index (χ4n) is 7.36. The largest absolute Gasteiger partial charge is 0.462 e. The lowest BCUT2D eigenvalue weighted by Gasteiger charge is -2.60. The molecular formula is C25H32O7. The zero-order valence-electron chi connectivity index (χ0n) is 19.2. The number of carbonyl (C=O) groups excluding carboxylic acids is 4. The molecule has 3 fully saturated rings. The summed E-state index contributed by atoms with van der Waals surface area (Å²) in [7, 11) is 0. The van der Waals surface area contributed by atoms with Gasteiger partial charge < -0.3 is 14.6 Å². The SMILES string of the molecule is CC(=O)OCC(=O)[C@@]1(O)CCC2C3CCC4=CC(=O)C=C[C@]4(C)C3[C@@H](OC(C)=O)C[C@@]21C. The van der Waals surface area contributed by atoms with Crippen molar-refractivity contribution in [1.29, 1.82) is 0 Å². The lowest BCUT2D eigenvalue weighted by atomic mass is 9.46.